The summed E-state index contributed by atoms with van der Waals surface area (Å²) >= 11 is 0. The lowest BCUT2D eigenvalue weighted by molar-refractivity contribution is 0.557. The Balaban J connectivity index is 1.36. The molecule has 0 fully saturated rings. The minimum atomic E-state index is 0.664. The van der Waals surface area contributed by atoms with E-state index in [2.05, 4.69) is 103 Å². The van der Waals surface area contributed by atoms with E-state index in [1.165, 1.54) is 11.1 Å². The van der Waals surface area contributed by atoms with Crippen molar-refractivity contribution in [3.8, 4) is 22.3 Å². The van der Waals surface area contributed by atoms with Gasteiger partial charge in [0, 0.05) is 25.0 Å². The average Bonchev–Trinajstić information content (AvgIpc) is 3.46. The van der Waals surface area contributed by atoms with Crippen molar-refractivity contribution in [2.24, 2.45) is 0 Å². The Hall–Kier alpha value is -4.44. The van der Waals surface area contributed by atoms with Gasteiger partial charge in [-0.25, -0.2) is 9.97 Å². The molecule has 0 aliphatic rings. The molecule has 4 heteroatoms. The molecule has 0 spiro atoms. The molecule has 4 aromatic carbocycles. The van der Waals surface area contributed by atoms with Gasteiger partial charge in [0.25, 0.3) is 0 Å². The maximum absolute atomic E-state index is 6.04. The summed E-state index contributed by atoms with van der Waals surface area (Å²) in [6, 6.07) is 25.8. The molecule has 2 heterocycles. The van der Waals surface area contributed by atoms with Crippen LogP contribution in [0.5, 0.6) is 0 Å². The number of allylic oxidation sites excluding steroid dienone is 1. The van der Waals surface area contributed by atoms with Gasteiger partial charge in [-0.1, -0.05) is 71.8 Å². The highest BCUT2D eigenvalue weighted by molar-refractivity contribution is 5.85. The first-order valence-electron chi connectivity index (χ1n) is 12.9. The Kier molecular flexibility index (Phi) is 5.96. The predicted molar refractivity (Wildman–Crippen MR) is 154 cm³/mol. The van der Waals surface area contributed by atoms with Crippen LogP contribution < -0.4 is 0 Å². The van der Waals surface area contributed by atoms with Crippen LogP contribution in [0.25, 0.3) is 44.5 Å². The lowest BCUT2D eigenvalue weighted by Crippen LogP contribution is -1.97. The van der Waals surface area contributed by atoms with Crippen LogP contribution in [0.1, 0.15) is 34.0 Å². The summed E-state index contributed by atoms with van der Waals surface area (Å²) in [6.45, 7) is 12.5. The predicted octanol–water partition coefficient (Wildman–Crippen LogP) is 8.88. The van der Waals surface area contributed by atoms with Crippen molar-refractivity contribution in [2.75, 3.05) is 0 Å². The summed E-state index contributed by atoms with van der Waals surface area (Å²) in [4.78, 5) is 9.29. The molecule has 0 saturated heterocycles. The molecule has 0 N–H and O–H groups in total. The summed E-state index contributed by atoms with van der Waals surface area (Å²) in [5.41, 5.74) is 13.7. The molecule has 0 saturated carbocycles. The standard InChI is InChI=1S/C34H30N2O2/c1-20-6-10-25(11-7-20)27-16-29(33-31(18-27)35-23(4)37-33)14-22(3)15-30-17-28(26-12-8-21(2)9-13-26)19-32-34(30)38-24(5)36-32/h6-13,16-19H,3,14-15H2,1-2,4-5H3. The molecule has 0 aliphatic heterocycles. The van der Waals surface area contributed by atoms with Crippen molar-refractivity contribution in [2.45, 2.75) is 40.5 Å². The molecule has 6 rings (SSSR count). The monoisotopic (exact) mass is 498 g/mol. The quantitative estimate of drug-likeness (QED) is 0.215. The molecule has 0 radical (unpaired) electrons. The van der Waals surface area contributed by atoms with E-state index >= 15 is 0 Å². The average molecular weight is 499 g/mol. The van der Waals surface area contributed by atoms with Crippen LogP contribution in [-0.2, 0) is 12.8 Å². The van der Waals surface area contributed by atoms with Gasteiger partial charge in [0.1, 0.15) is 11.0 Å². The Labute approximate surface area is 222 Å². The number of rotatable bonds is 6. The van der Waals surface area contributed by atoms with E-state index in [1.54, 1.807) is 0 Å². The molecule has 0 bridgehead atoms. The summed E-state index contributed by atoms with van der Waals surface area (Å²) < 4.78 is 12.1. The van der Waals surface area contributed by atoms with Crippen LogP contribution in [0.15, 0.2) is 93.8 Å². The minimum Gasteiger partial charge on any atom is -0.441 e. The number of oxazole rings is 2. The highest BCUT2D eigenvalue weighted by Gasteiger charge is 2.16. The largest absolute Gasteiger partial charge is 0.441 e. The van der Waals surface area contributed by atoms with E-state index in [1.807, 2.05) is 13.8 Å². The minimum absolute atomic E-state index is 0.664. The summed E-state index contributed by atoms with van der Waals surface area (Å²) in [7, 11) is 0. The van der Waals surface area contributed by atoms with E-state index in [-0.39, 0.29) is 0 Å². The van der Waals surface area contributed by atoms with Crippen molar-refractivity contribution in [3.05, 3.63) is 119 Å². The second-order valence-electron chi connectivity index (χ2n) is 10.3. The lowest BCUT2D eigenvalue weighted by Gasteiger charge is -2.11. The summed E-state index contributed by atoms with van der Waals surface area (Å²) in [5.74, 6) is 1.33. The number of hydrogen-bond acceptors (Lipinski definition) is 4. The fourth-order valence-corrected chi connectivity index (χ4v) is 5.12. The van der Waals surface area contributed by atoms with Crippen molar-refractivity contribution in [1.82, 2.24) is 9.97 Å². The first-order valence-corrected chi connectivity index (χ1v) is 12.9. The number of hydrogen-bond donors (Lipinski definition) is 0. The maximum Gasteiger partial charge on any atom is 0.192 e. The molecule has 188 valence electrons. The summed E-state index contributed by atoms with van der Waals surface area (Å²) in [5, 5.41) is 0. The SMILES string of the molecule is C=C(Cc1cc(-c2ccc(C)cc2)cc2nc(C)oc12)Cc1cc(-c2ccc(C)cc2)cc2nc(C)oc12. The Morgan fingerprint density at radius 3 is 1.37 bits per heavy atom. The third-order valence-corrected chi connectivity index (χ3v) is 7.00. The van der Waals surface area contributed by atoms with Crippen molar-refractivity contribution in [3.63, 3.8) is 0 Å². The van der Waals surface area contributed by atoms with Crippen molar-refractivity contribution < 1.29 is 8.83 Å². The number of fused-ring (bicyclic) bond motifs is 2. The third kappa shape index (κ3) is 4.66. The van der Waals surface area contributed by atoms with Gasteiger partial charge < -0.3 is 8.83 Å². The lowest BCUT2D eigenvalue weighted by atomic mass is 9.94. The maximum atomic E-state index is 6.04. The van der Waals surface area contributed by atoms with Crippen molar-refractivity contribution in [1.29, 1.82) is 0 Å². The molecule has 0 aliphatic carbocycles. The van der Waals surface area contributed by atoms with Crippen molar-refractivity contribution >= 4 is 22.2 Å². The summed E-state index contributed by atoms with van der Waals surface area (Å²) in [6.07, 6.45) is 1.35. The first-order chi connectivity index (χ1) is 18.3. The molecule has 0 amide bonds. The highest BCUT2D eigenvalue weighted by Crippen LogP contribution is 2.33. The second kappa shape index (κ2) is 9.46. The second-order valence-corrected chi connectivity index (χ2v) is 10.3. The van der Waals surface area contributed by atoms with Gasteiger partial charge in [0.05, 0.1) is 0 Å². The fourth-order valence-electron chi connectivity index (χ4n) is 5.12. The van der Waals surface area contributed by atoms with Gasteiger partial charge in [-0.3, -0.25) is 0 Å². The van der Waals surface area contributed by atoms with Crippen LogP contribution in [0.2, 0.25) is 0 Å². The third-order valence-electron chi connectivity index (χ3n) is 7.00. The van der Waals surface area contributed by atoms with Gasteiger partial charge >= 0.3 is 0 Å². The molecule has 2 aromatic heterocycles. The highest BCUT2D eigenvalue weighted by atomic mass is 16.4. The normalized spacial score (nSPS) is 11.5. The van der Waals surface area contributed by atoms with Crippen LogP contribution in [-0.4, -0.2) is 9.97 Å². The molecule has 38 heavy (non-hydrogen) atoms. The zero-order valence-electron chi connectivity index (χ0n) is 22.3. The van der Waals surface area contributed by atoms with E-state index in [9.17, 15) is 0 Å². The first kappa shape index (κ1) is 23.9. The molecular weight excluding hydrogens is 468 g/mol. The smallest absolute Gasteiger partial charge is 0.192 e. The van der Waals surface area contributed by atoms with Crippen LogP contribution in [0.3, 0.4) is 0 Å². The molecule has 0 unspecified atom stereocenters. The number of nitrogens with zero attached hydrogens (tertiary/aromatic N) is 2. The number of benzene rings is 4. The van der Waals surface area contributed by atoms with Gasteiger partial charge in [0.15, 0.2) is 22.9 Å². The van der Waals surface area contributed by atoms with Gasteiger partial charge in [0.2, 0.25) is 0 Å². The van der Waals surface area contributed by atoms with Crippen LogP contribution in [0, 0.1) is 27.7 Å². The Morgan fingerprint density at radius 1 is 0.579 bits per heavy atom. The fraction of sp³-hybridized carbons (Fsp3) is 0.176. The van der Waals surface area contributed by atoms with Crippen LogP contribution >= 0.6 is 0 Å². The Morgan fingerprint density at radius 2 is 0.974 bits per heavy atom. The topological polar surface area (TPSA) is 52.1 Å². The van der Waals surface area contributed by atoms with Gasteiger partial charge in [-0.05, 0) is 73.2 Å². The van der Waals surface area contributed by atoms with E-state index in [0.29, 0.717) is 24.6 Å². The number of aryl methyl sites for hydroxylation is 4. The zero-order valence-corrected chi connectivity index (χ0v) is 22.3. The Bertz CT molecular complexity index is 1670. The zero-order chi connectivity index (χ0) is 26.4. The van der Waals surface area contributed by atoms with Gasteiger partial charge in [-0.15, -0.1) is 0 Å². The molecule has 4 nitrogen and oxygen atoms in total. The number of aromatic nitrogens is 2. The van der Waals surface area contributed by atoms with E-state index in [4.69, 9.17) is 8.83 Å². The van der Waals surface area contributed by atoms with E-state index < -0.39 is 0 Å². The van der Waals surface area contributed by atoms with Gasteiger partial charge in [-0.2, -0.15) is 0 Å². The molecule has 0 atom stereocenters. The molecular formula is C34H30N2O2. The van der Waals surface area contributed by atoms with E-state index in [0.717, 1.165) is 61.2 Å². The molecule has 6 aromatic rings. The van der Waals surface area contributed by atoms with Crippen LogP contribution in [0.4, 0.5) is 0 Å².